The Morgan fingerprint density at radius 3 is 2.50 bits per heavy atom. The minimum Gasteiger partial charge on any atom is -0.495 e. The highest BCUT2D eigenvalue weighted by molar-refractivity contribution is 6.07. The maximum atomic E-state index is 13.3. The van der Waals surface area contributed by atoms with E-state index in [-0.39, 0.29) is 11.9 Å². The third-order valence-corrected chi connectivity index (χ3v) is 5.46. The SMILES string of the molecule is COc1ccccc1NC(=O)C1=C(C)N(C)C(=O)N[C@@H]1c1ccc2ccccc2c1. The fourth-order valence-electron chi connectivity index (χ4n) is 3.70. The van der Waals surface area contributed by atoms with Gasteiger partial charge in [0.1, 0.15) is 5.75 Å². The van der Waals surface area contributed by atoms with E-state index in [2.05, 4.69) is 10.6 Å². The van der Waals surface area contributed by atoms with Gasteiger partial charge >= 0.3 is 6.03 Å². The Morgan fingerprint density at radius 1 is 1.03 bits per heavy atom. The Balaban J connectivity index is 1.76. The number of fused-ring (bicyclic) bond motifs is 1. The average molecular weight is 401 g/mol. The topological polar surface area (TPSA) is 70.7 Å². The quantitative estimate of drug-likeness (QED) is 0.678. The first-order valence-corrected chi connectivity index (χ1v) is 9.67. The van der Waals surface area contributed by atoms with Gasteiger partial charge in [-0.25, -0.2) is 4.79 Å². The lowest BCUT2D eigenvalue weighted by Crippen LogP contribution is -2.46. The molecule has 3 aromatic carbocycles. The van der Waals surface area contributed by atoms with Crippen molar-refractivity contribution in [1.29, 1.82) is 0 Å². The first-order chi connectivity index (χ1) is 14.5. The Bertz CT molecular complexity index is 1170. The van der Waals surface area contributed by atoms with Gasteiger partial charge in [0.15, 0.2) is 0 Å². The molecule has 1 aliphatic rings. The summed E-state index contributed by atoms with van der Waals surface area (Å²) in [5, 5.41) is 8.04. The van der Waals surface area contributed by atoms with E-state index in [0.717, 1.165) is 16.3 Å². The zero-order valence-corrected chi connectivity index (χ0v) is 17.1. The maximum absolute atomic E-state index is 13.3. The first-order valence-electron chi connectivity index (χ1n) is 9.67. The number of nitrogens with one attached hydrogen (secondary N) is 2. The van der Waals surface area contributed by atoms with Crippen LogP contribution < -0.4 is 15.4 Å². The van der Waals surface area contributed by atoms with Crippen molar-refractivity contribution in [3.8, 4) is 5.75 Å². The summed E-state index contributed by atoms with van der Waals surface area (Å²) in [7, 11) is 3.21. The van der Waals surface area contributed by atoms with Crippen LogP contribution in [0.1, 0.15) is 18.5 Å². The number of carbonyl (C=O) groups is 2. The highest BCUT2D eigenvalue weighted by Gasteiger charge is 2.34. The van der Waals surface area contributed by atoms with Crippen molar-refractivity contribution in [3.05, 3.63) is 83.6 Å². The molecule has 2 N–H and O–H groups in total. The van der Waals surface area contributed by atoms with E-state index in [0.29, 0.717) is 22.7 Å². The molecule has 0 bridgehead atoms. The number of para-hydroxylation sites is 2. The summed E-state index contributed by atoms with van der Waals surface area (Å²) in [6.07, 6.45) is 0. The average Bonchev–Trinajstić information content (AvgIpc) is 2.77. The van der Waals surface area contributed by atoms with Crippen molar-refractivity contribution >= 4 is 28.4 Å². The molecule has 4 rings (SSSR count). The Labute approximate surface area is 175 Å². The van der Waals surface area contributed by atoms with Crippen LogP contribution in [0.5, 0.6) is 5.75 Å². The lowest BCUT2D eigenvalue weighted by molar-refractivity contribution is -0.113. The highest BCUT2D eigenvalue weighted by atomic mass is 16.5. The molecule has 6 heteroatoms. The number of ether oxygens (including phenoxy) is 1. The van der Waals surface area contributed by atoms with Crippen molar-refractivity contribution in [3.63, 3.8) is 0 Å². The monoisotopic (exact) mass is 401 g/mol. The fraction of sp³-hybridized carbons (Fsp3) is 0.167. The molecule has 0 saturated carbocycles. The second-order valence-corrected chi connectivity index (χ2v) is 7.20. The molecule has 0 fully saturated rings. The molecule has 0 aromatic heterocycles. The molecule has 3 aromatic rings. The molecule has 3 amide bonds. The zero-order chi connectivity index (χ0) is 21.3. The van der Waals surface area contributed by atoms with E-state index >= 15 is 0 Å². The predicted octanol–water partition coefficient (Wildman–Crippen LogP) is 4.46. The smallest absolute Gasteiger partial charge is 0.322 e. The zero-order valence-electron chi connectivity index (χ0n) is 17.1. The number of hydrogen-bond donors (Lipinski definition) is 2. The molecule has 1 heterocycles. The van der Waals surface area contributed by atoms with Gasteiger partial charge in [-0.2, -0.15) is 0 Å². The largest absolute Gasteiger partial charge is 0.495 e. The molecular weight excluding hydrogens is 378 g/mol. The first kappa shape index (κ1) is 19.5. The summed E-state index contributed by atoms with van der Waals surface area (Å²) in [4.78, 5) is 27.3. The number of methoxy groups -OCH3 is 1. The number of hydrogen-bond acceptors (Lipinski definition) is 3. The molecular formula is C24H23N3O3. The molecule has 1 atom stereocenters. The van der Waals surface area contributed by atoms with Crippen LogP contribution in [0.4, 0.5) is 10.5 Å². The number of nitrogens with zero attached hydrogens (tertiary/aromatic N) is 1. The minimum absolute atomic E-state index is 0.250. The van der Waals surface area contributed by atoms with E-state index < -0.39 is 6.04 Å². The predicted molar refractivity (Wildman–Crippen MR) is 117 cm³/mol. The van der Waals surface area contributed by atoms with E-state index in [1.54, 1.807) is 33.2 Å². The standard InChI is InChI=1S/C24H23N3O3/c1-15-21(23(28)25-19-10-6-7-11-20(19)30-3)22(26-24(29)27(15)2)18-13-12-16-8-4-5-9-17(16)14-18/h4-14,22H,1-3H3,(H,25,28)(H,26,29)/t22-/m1/s1. The van der Waals surface area contributed by atoms with Gasteiger partial charge in [0.05, 0.1) is 24.4 Å². The normalized spacial score (nSPS) is 16.4. The van der Waals surface area contributed by atoms with Crippen LogP contribution in [0.2, 0.25) is 0 Å². The van der Waals surface area contributed by atoms with Gasteiger partial charge in [0.25, 0.3) is 5.91 Å². The Kier molecular flexibility index (Phi) is 5.14. The molecule has 1 aliphatic heterocycles. The Morgan fingerprint density at radius 2 is 1.73 bits per heavy atom. The van der Waals surface area contributed by atoms with Crippen LogP contribution in [0.25, 0.3) is 10.8 Å². The highest BCUT2D eigenvalue weighted by Crippen LogP contribution is 2.33. The summed E-state index contributed by atoms with van der Waals surface area (Å²) in [6, 6.07) is 20.4. The number of carbonyl (C=O) groups excluding carboxylic acids is 2. The van der Waals surface area contributed by atoms with Crippen molar-refractivity contribution < 1.29 is 14.3 Å². The molecule has 152 valence electrons. The van der Waals surface area contributed by atoms with Crippen molar-refractivity contribution in [2.75, 3.05) is 19.5 Å². The summed E-state index contributed by atoms with van der Waals surface area (Å²) in [5.74, 6) is 0.279. The van der Waals surface area contributed by atoms with Gasteiger partial charge < -0.3 is 20.3 Å². The minimum atomic E-state index is -0.562. The molecule has 0 radical (unpaired) electrons. The molecule has 0 saturated heterocycles. The van der Waals surface area contributed by atoms with Crippen molar-refractivity contribution in [1.82, 2.24) is 10.2 Å². The molecule has 0 unspecified atom stereocenters. The van der Waals surface area contributed by atoms with Crippen LogP contribution in [0.15, 0.2) is 78.0 Å². The van der Waals surface area contributed by atoms with Crippen LogP contribution in [0, 0.1) is 0 Å². The second-order valence-electron chi connectivity index (χ2n) is 7.20. The van der Waals surface area contributed by atoms with Gasteiger partial charge in [-0.3, -0.25) is 4.79 Å². The number of rotatable bonds is 4. The molecule has 0 spiro atoms. The summed E-state index contributed by atoms with van der Waals surface area (Å²) in [5.41, 5.74) is 2.50. The summed E-state index contributed by atoms with van der Waals surface area (Å²) < 4.78 is 5.35. The van der Waals surface area contributed by atoms with Crippen molar-refractivity contribution in [2.24, 2.45) is 0 Å². The van der Waals surface area contributed by atoms with Gasteiger partial charge in [0, 0.05) is 12.7 Å². The molecule has 0 aliphatic carbocycles. The Hall–Kier alpha value is -3.80. The third-order valence-electron chi connectivity index (χ3n) is 5.46. The van der Waals surface area contributed by atoms with Crippen LogP contribution >= 0.6 is 0 Å². The number of allylic oxidation sites excluding steroid dienone is 1. The number of urea groups is 1. The van der Waals surface area contributed by atoms with Gasteiger partial charge in [0.2, 0.25) is 0 Å². The van der Waals surface area contributed by atoms with Gasteiger partial charge in [-0.1, -0.05) is 48.5 Å². The van der Waals surface area contributed by atoms with Crippen LogP contribution in [-0.2, 0) is 4.79 Å². The summed E-state index contributed by atoms with van der Waals surface area (Å²) >= 11 is 0. The van der Waals surface area contributed by atoms with E-state index in [1.807, 2.05) is 54.6 Å². The lowest BCUT2D eigenvalue weighted by atomic mass is 9.92. The fourth-order valence-corrected chi connectivity index (χ4v) is 3.70. The molecule has 6 nitrogen and oxygen atoms in total. The molecule has 30 heavy (non-hydrogen) atoms. The number of anilines is 1. The summed E-state index contributed by atoms with van der Waals surface area (Å²) in [6.45, 7) is 1.78. The van der Waals surface area contributed by atoms with E-state index in [9.17, 15) is 9.59 Å². The number of benzene rings is 3. The van der Waals surface area contributed by atoms with Gasteiger partial charge in [-0.15, -0.1) is 0 Å². The second kappa shape index (κ2) is 7.91. The third kappa shape index (κ3) is 3.48. The van der Waals surface area contributed by atoms with Gasteiger partial charge in [-0.05, 0) is 41.5 Å². The van der Waals surface area contributed by atoms with Crippen LogP contribution in [0.3, 0.4) is 0 Å². The van der Waals surface area contributed by atoms with E-state index in [1.165, 1.54) is 4.90 Å². The van der Waals surface area contributed by atoms with E-state index in [4.69, 9.17) is 4.74 Å². The lowest BCUT2D eigenvalue weighted by Gasteiger charge is -2.33. The number of amides is 3. The van der Waals surface area contributed by atoms with Crippen LogP contribution in [-0.4, -0.2) is 31.0 Å². The van der Waals surface area contributed by atoms with Crippen molar-refractivity contribution in [2.45, 2.75) is 13.0 Å². The maximum Gasteiger partial charge on any atom is 0.322 e.